The lowest BCUT2D eigenvalue weighted by Crippen LogP contribution is -2.38. The Balaban J connectivity index is 1.97. The van der Waals surface area contributed by atoms with Gasteiger partial charge in [0, 0.05) is 25.5 Å². The first-order valence-electron chi connectivity index (χ1n) is 6.43. The molecule has 98 valence electrons. The molecule has 0 aliphatic carbocycles. The van der Waals surface area contributed by atoms with Crippen LogP contribution in [0.1, 0.15) is 12.8 Å². The molecule has 5 heteroatoms. The Morgan fingerprint density at radius 1 is 1.32 bits per heavy atom. The number of aliphatic carboxylic acids is 1. The maximum absolute atomic E-state index is 11.1. The molecule has 2 aromatic heterocycles. The van der Waals surface area contributed by atoms with E-state index in [2.05, 4.69) is 14.9 Å². The highest BCUT2D eigenvalue weighted by Gasteiger charge is 2.26. The second-order valence-electron chi connectivity index (χ2n) is 4.82. The fourth-order valence-electron chi connectivity index (χ4n) is 2.62. The van der Waals surface area contributed by atoms with Crippen molar-refractivity contribution in [2.45, 2.75) is 12.8 Å². The number of piperidine rings is 1. The van der Waals surface area contributed by atoms with Crippen LogP contribution < -0.4 is 4.90 Å². The van der Waals surface area contributed by atoms with Crippen molar-refractivity contribution in [3.63, 3.8) is 0 Å². The number of carboxylic acid groups (broad SMARTS) is 1. The lowest BCUT2D eigenvalue weighted by molar-refractivity contribution is -0.141. The normalized spacial score (nSPS) is 19.6. The average molecular weight is 257 g/mol. The van der Waals surface area contributed by atoms with Gasteiger partial charge in [0.2, 0.25) is 0 Å². The van der Waals surface area contributed by atoms with Gasteiger partial charge in [-0.05, 0) is 31.0 Å². The second kappa shape index (κ2) is 4.84. The van der Waals surface area contributed by atoms with E-state index in [4.69, 9.17) is 5.11 Å². The minimum absolute atomic E-state index is 0.291. The summed E-state index contributed by atoms with van der Waals surface area (Å²) in [6.45, 7) is 1.42. The zero-order chi connectivity index (χ0) is 13.2. The zero-order valence-electron chi connectivity index (χ0n) is 10.5. The first kappa shape index (κ1) is 11.9. The molecule has 0 aromatic carbocycles. The summed E-state index contributed by atoms with van der Waals surface area (Å²) in [5.41, 5.74) is 2.67. The molecule has 1 aliphatic heterocycles. The molecule has 2 aromatic rings. The van der Waals surface area contributed by atoms with Crippen molar-refractivity contribution in [3.05, 3.63) is 30.6 Å². The SMILES string of the molecule is O=C(O)C1CCCN(c2ccnc3cccnc23)C1. The van der Waals surface area contributed by atoms with E-state index in [0.29, 0.717) is 6.54 Å². The van der Waals surface area contributed by atoms with Crippen molar-refractivity contribution in [1.82, 2.24) is 9.97 Å². The lowest BCUT2D eigenvalue weighted by atomic mass is 9.98. The van der Waals surface area contributed by atoms with Gasteiger partial charge < -0.3 is 10.0 Å². The van der Waals surface area contributed by atoms with Crippen molar-refractivity contribution in [2.75, 3.05) is 18.0 Å². The number of fused-ring (bicyclic) bond motifs is 1. The average Bonchev–Trinajstić information content (AvgIpc) is 2.47. The number of hydrogen-bond acceptors (Lipinski definition) is 4. The molecule has 1 N–H and O–H groups in total. The molecule has 0 bridgehead atoms. The number of pyridine rings is 2. The molecular weight excluding hydrogens is 242 g/mol. The van der Waals surface area contributed by atoms with Crippen LogP contribution in [0, 0.1) is 5.92 Å². The number of hydrogen-bond donors (Lipinski definition) is 1. The Morgan fingerprint density at radius 3 is 3.05 bits per heavy atom. The first-order chi connectivity index (χ1) is 9.25. The Labute approximate surface area is 110 Å². The summed E-state index contributed by atoms with van der Waals surface area (Å²) in [6, 6.07) is 5.69. The maximum atomic E-state index is 11.1. The van der Waals surface area contributed by atoms with Crippen molar-refractivity contribution < 1.29 is 9.90 Å². The Hall–Kier alpha value is -2.17. The van der Waals surface area contributed by atoms with E-state index in [-0.39, 0.29) is 5.92 Å². The van der Waals surface area contributed by atoms with Gasteiger partial charge in [-0.2, -0.15) is 0 Å². The van der Waals surface area contributed by atoms with Crippen LogP contribution in [-0.4, -0.2) is 34.1 Å². The largest absolute Gasteiger partial charge is 0.481 e. The van der Waals surface area contributed by atoms with Crippen LogP contribution in [0.2, 0.25) is 0 Å². The standard InChI is InChI=1S/C14H15N3O2/c18-14(19)10-3-2-8-17(9-10)12-5-7-15-11-4-1-6-16-13(11)12/h1,4-7,10H,2-3,8-9H2,(H,18,19). The summed E-state index contributed by atoms with van der Waals surface area (Å²) in [7, 11) is 0. The Kier molecular flexibility index (Phi) is 3.03. The van der Waals surface area contributed by atoms with Crippen LogP contribution in [0.4, 0.5) is 5.69 Å². The molecule has 5 nitrogen and oxygen atoms in total. The molecule has 19 heavy (non-hydrogen) atoms. The monoisotopic (exact) mass is 257 g/mol. The molecule has 1 aliphatic rings. The van der Waals surface area contributed by atoms with Crippen LogP contribution in [0.3, 0.4) is 0 Å². The lowest BCUT2D eigenvalue weighted by Gasteiger charge is -2.32. The predicted octanol–water partition coefficient (Wildman–Crippen LogP) is 1.93. The number of carboxylic acids is 1. The smallest absolute Gasteiger partial charge is 0.308 e. The van der Waals surface area contributed by atoms with Crippen molar-refractivity contribution in [3.8, 4) is 0 Å². The fourth-order valence-corrected chi connectivity index (χ4v) is 2.62. The quantitative estimate of drug-likeness (QED) is 0.890. The number of carbonyl (C=O) groups is 1. The van der Waals surface area contributed by atoms with Gasteiger partial charge in [-0.1, -0.05) is 0 Å². The minimum Gasteiger partial charge on any atom is -0.481 e. The molecule has 0 radical (unpaired) electrons. The molecule has 1 saturated heterocycles. The Bertz CT molecular complexity index is 609. The molecular formula is C14H15N3O2. The highest BCUT2D eigenvalue weighted by molar-refractivity contribution is 5.87. The minimum atomic E-state index is -0.712. The first-order valence-corrected chi connectivity index (χ1v) is 6.43. The van der Waals surface area contributed by atoms with Gasteiger partial charge in [0.15, 0.2) is 0 Å². The van der Waals surface area contributed by atoms with Crippen LogP contribution in [0.25, 0.3) is 11.0 Å². The van der Waals surface area contributed by atoms with Gasteiger partial charge in [-0.25, -0.2) is 0 Å². The van der Waals surface area contributed by atoms with Gasteiger partial charge in [0.05, 0.1) is 17.1 Å². The van der Waals surface area contributed by atoms with E-state index < -0.39 is 5.97 Å². The molecule has 1 unspecified atom stereocenters. The van der Waals surface area contributed by atoms with E-state index >= 15 is 0 Å². The summed E-state index contributed by atoms with van der Waals surface area (Å²) < 4.78 is 0. The second-order valence-corrected chi connectivity index (χ2v) is 4.82. The highest BCUT2D eigenvalue weighted by Crippen LogP contribution is 2.27. The summed E-state index contributed by atoms with van der Waals surface area (Å²) in [5.74, 6) is -1.00. The van der Waals surface area contributed by atoms with Gasteiger partial charge >= 0.3 is 5.97 Å². The number of aromatic nitrogens is 2. The fraction of sp³-hybridized carbons (Fsp3) is 0.357. The zero-order valence-corrected chi connectivity index (χ0v) is 10.5. The van der Waals surface area contributed by atoms with E-state index in [9.17, 15) is 4.79 Å². The summed E-state index contributed by atoms with van der Waals surface area (Å²) in [5, 5.41) is 9.16. The molecule has 1 fully saturated rings. The third kappa shape index (κ3) is 2.23. The van der Waals surface area contributed by atoms with E-state index in [1.165, 1.54) is 0 Å². The van der Waals surface area contributed by atoms with E-state index in [1.54, 1.807) is 12.4 Å². The summed E-state index contributed by atoms with van der Waals surface area (Å²) in [6.07, 6.45) is 5.14. The van der Waals surface area contributed by atoms with Crippen LogP contribution >= 0.6 is 0 Å². The maximum Gasteiger partial charge on any atom is 0.308 e. The van der Waals surface area contributed by atoms with E-state index in [1.807, 2.05) is 18.2 Å². The summed E-state index contributed by atoms with van der Waals surface area (Å²) >= 11 is 0. The number of rotatable bonds is 2. The van der Waals surface area contributed by atoms with Gasteiger partial charge in [0.1, 0.15) is 5.52 Å². The van der Waals surface area contributed by atoms with E-state index in [0.717, 1.165) is 36.1 Å². The van der Waals surface area contributed by atoms with Crippen molar-refractivity contribution in [1.29, 1.82) is 0 Å². The molecule has 0 amide bonds. The molecule has 3 heterocycles. The van der Waals surface area contributed by atoms with Crippen LogP contribution in [0.15, 0.2) is 30.6 Å². The highest BCUT2D eigenvalue weighted by atomic mass is 16.4. The third-order valence-corrected chi connectivity index (χ3v) is 3.59. The molecule has 3 rings (SSSR count). The molecule has 0 saturated carbocycles. The summed E-state index contributed by atoms with van der Waals surface area (Å²) in [4.78, 5) is 21.9. The van der Waals surface area contributed by atoms with Crippen molar-refractivity contribution >= 4 is 22.7 Å². The topological polar surface area (TPSA) is 66.3 Å². The van der Waals surface area contributed by atoms with Crippen LogP contribution in [0.5, 0.6) is 0 Å². The predicted molar refractivity (Wildman–Crippen MR) is 72.1 cm³/mol. The van der Waals surface area contributed by atoms with Gasteiger partial charge in [-0.3, -0.25) is 14.8 Å². The molecule has 1 atom stereocenters. The van der Waals surface area contributed by atoms with Gasteiger partial charge in [-0.15, -0.1) is 0 Å². The van der Waals surface area contributed by atoms with Gasteiger partial charge in [0.25, 0.3) is 0 Å². The number of anilines is 1. The van der Waals surface area contributed by atoms with Crippen LogP contribution in [-0.2, 0) is 4.79 Å². The van der Waals surface area contributed by atoms with Crippen molar-refractivity contribution in [2.24, 2.45) is 5.92 Å². The Morgan fingerprint density at radius 2 is 2.21 bits per heavy atom. The number of nitrogens with zero attached hydrogens (tertiary/aromatic N) is 3. The third-order valence-electron chi connectivity index (χ3n) is 3.59. The molecule has 0 spiro atoms.